The molecule has 0 aliphatic carbocycles. The highest BCUT2D eigenvalue weighted by Gasteiger charge is 2.13. The van der Waals surface area contributed by atoms with Crippen molar-refractivity contribution >= 4 is 26.7 Å². The number of nitrogens with one attached hydrogen (secondary N) is 1. The maximum Gasteiger partial charge on any atom is 0.0624 e. The standard InChI is InChI=1S/C13H20BrNO2S/c1-3-8-15-12(9-17-2)10-18(16)13-6-4-11(14)5-7-13/h4-7,12,15H,3,8-10H2,1-2H3. The molecule has 18 heavy (non-hydrogen) atoms. The van der Waals surface area contributed by atoms with Gasteiger partial charge in [0.15, 0.2) is 0 Å². The molecule has 1 aromatic carbocycles. The van der Waals surface area contributed by atoms with Crippen molar-refractivity contribution in [1.82, 2.24) is 5.32 Å². The lowest BCUT2D eigenvalue weighted by Gasteiger charge is -2.17. The van der Waals surface area contributed by atoms with Gasteiger partial charge in [-0.15, -0.1) is 0 Å². The van der Waals surface area contributed by atoms with E-state index in [-0.39, 0.29) is 6.04 Å². The number of hydrogen-bond acceptors (Lipinski definition) is 3. The summed E-state index contributed by atoms with van der Waals surface area (Å²) in [5.74, 6) is 0.579. The third-order valence-electron chi connectivity index (χ3n) is 2.48. The van der Waals surface area contributed by atoms with Gasteiger partial charge < -0.3 is 10.1 Å². The van der Waals surface area contributed by atoms with Gasteiger partial charge in [0, 0.05) is 28.3 Å². The molecule has 2 unspecified atom stereocenters. The smallest absolute Gasteiger partial charge is 0.0624 e. The number of halogens is 1. The zero-order chi connectivity index (χ0) is 13.4. The average molecular weight is 334 g/mol. The maximum absolute atomic E-state index is 12.2. The molecule has 1 aromatic rings. The van der Waals surface area contributed by atoms with Gasteiger partial charge in [0.25, 0.3) is 0 Å². The van der Waals surface area contributed by atoms with Crippen LogP contribution >= 0.6 is 15.9 Å². The van der Waals surface area contributed by atoms with Gasteiger partial charge in [0.1, 0.15) is 0 Å². The minimum Gasteiger partial charge on any atom is -0.383 e. The van der Waals surface area contributed by atoms with Gasteiger partial charge in [-0.05, 0) is 37.2 Å². The summed E-state index contributed by atoms with van der Waals surface area (Å²) in [5, 5.41) is 3.36. The molecular formula is C13H20BrNO2S. The van der Waals surface area contributed by atoms with Gasteiger partial charge in [-0.2, -0.15) is 0 Å². The lowest BCUT2D eigenvalue weighted by Crippen LogP contribution is -2.38. The van der Waals surface area contributed by atoms with Crippen molar-refractivity contribution in [2.75, 3.05) is 26.0 Å². The Morgan fingerprint density at radius 2 is 2.06 bits per heavy atom. The van der Waals surface area contributed by atoms with Crippen LogP contribution in [0.25, 0.3) is 0 Å². The Bertz CT molecular complexity index is 370. The molecule has 3 nitrogen and oxygen atoms in total. The van der Waals surface area contributed by atoms with E-state index in [2.05, 4.69) is 28.2 Å². The summed E-state index contributed by atoms with van der Waals surface area (Å²) >= 11 is 3.37. The minimum absolute atomic E-state index is 0.138. The number of benzene rings is 1. The Morgan fingerprint density at radius 3 is 2.61 bits per heavy atom. The number of ether oxygens (including phenoxy) is 1. The van der Waals surface area contributed by atoms with Crippen LogP contribution < -0.4 is 5.32 Å². The number of methoxy groups -OCH3 is 1. The molecule has 2 atom stereocenters. The predicted octanol–water partition coefficient (Wildman–Crippen LogP) is 2.57. The Labute approximate surface area is 120 Å². The van der Waals surface area contributed by atoms with Crippen molar-refractivity contribution in [3.05, 3.63) is 28.7 Å². The molecule has 102 valence electrons. The van der Waals surface area contributed by atoms with E-state index in [4.69, 9.17) is 4.74 Å². The first-order valence-corrected chi connectivity index (χ1v) is 8.14. The summed E-state index contributed by atoms with van der Waals surface area (Å²) in [6.45, 7) is 3.62. The molecule has 0 saturated heterocycles. The van der Waals surface area contributed by atoms with E-state index in [0.717, 1.165) is 22.3 Å². The van der Waals surface area contributed by atoms with E-state index in [0.29, 0.717) is 12.4 Å². The zero-order valence-electron chi connectivity index (χ0n) is 10.8. The van der Waals surface area contributed by atoms with Crippen LogP contribution in [-0.4, -0.2) is 36.3 Å². The van der Waals surface area contributed by atoms with E-state index in [1.807, 2.05) is 24.3 Å². The molecule has 5 heteroatoms. The van der Waals surface area contributed by atoms with Crippen LogP contribution in [0.3, 0.4) is 0 Å². The third-order valence-corrected chi connectivity index (χ3v) is 4.51. The van der Waals surface area contributed by atoms with Gasteiger partial charge in [0.2, 0.25) is 0 Å². The lowest BCUT2D eigenvalue weighted by atomic mass is 10.3. The van der Waals surface area contributed by atoms with E-state index in [1.54, 1.807) is 7.11 Å². The summed E-state index contributed by atoms with van der Waals surface area (Å²) in [5.41, 5.74) is 0. The van der Waals surface area contributed by atoms with Gasteiger partial charge in [-0.1, -0.05) is 22.9 Å². The molecule has 0 aliphatic rings. The van der Waals surface area contributed by atoms with Crippen LogP contribution in [-0.2, 0) is 15.5 Å². The second-order valence-corrected chi connectivity index (χ2v) is 6.48. The fourth-order valence-corrected chi connectivity index (χ4v) is 3.06. The molecule has 0 aromatic heterocycles. The van der Waals surface area contributed by atoms with Crippen molar-refractivity contribution in [3.8, 4) is 0 Å². The highest BCUT2D eigenvalue weighted by molar-refractivity contribution is 9.10. The molecule has 0 bridgehead atoms. The first-order chi connectivity index (χ1) is 8.67. The molecule has 0 aliphatic heterocycles. The third kappa shape index (κ3) is 5.61. The Kier molecular flexibility index (Phi) is 7.74. The number of rotatable bonds is 8. The summed E-state index contributed by atoms with van der Waals surface area (Å²) in [7, 11) is 0.680. The van der Waals surface area contributed by atoms with Crippen LogP contribution in [0.2, 0.25) is 0 Å². The molecule has 0 fully saturated rings. The maximum atomic E-state index is 12.2. The highest BCUT2D eigenvalue weighted by atomic mass is 79.9. The molecule has 0 radical (unpaired) electrons. The predicted molar refractivity (Wildman–Crippen MR) is 79.4 cm³/mol. The van der Waals surface area contributed by atoms with Crippen molar-refractivity contribution in [1.29, 1.82) is 0 Å². The molecular weight excluding hydrogens is 314 g/mol. The van der Waals surface area contributed by atoms with Gasteiger partial charge >= 0.3 is 0 Å². The fraction of sp³-hybridized carbons (Fsp3) is 0.538. The zero-order valence-corrected chi connectivity index (χ0v) is 13.2. The lowest BCUT2D eigenvalue weighted by molar-refractivity contribution is 0.173. The summed E-state index contributed by atoms with van der Waals surface area (Å²) in [6, 6.07) is 7.75. The Hall–Kier alpha value is -0.230. The molecule has 1 rings (SSSR count). The monoisotopic (exact) mass is 333 g/mol. The quantitative estimate of drug-likeness (QED) is 0.794. The van der Waals surface area contributed by atoms with Gasteiger partial charge in [0.05, 0.1) is 17.4 Å². The second kappa shape index (κ2) is 8.80. The van der Waals surface area contributed by atoms with Crippen LogP contribution in [0.4, 0.5) is 0 Å². The first-order valence-electron chi connectivity index (χ1n) is 6.03. The summed E-state index contributed by atoms with van der Waals surface area (Å²) in [6.07, 6.45) is 1.06. The van der Waals surface area contributed by atoms with Crippen molar-refractivity contribution < 1.29 is 8.95 Å². The van der Waals surface area contributed by atoms with E-state index < -0.39 is 10.8 Å². The van der Waals surface area contributed by atoms with E-state index in [1.165, 1.54) is 0 Å². The Balaban J connectivity index is 2.56. The normalized spacial score (nSPS) is 14.4. The molecule has 1 N–H and O–H groups in total. The molecule has 0 amide bonds. The van der Waals surface area contributed by atoms with E-state index >= 15 is 0 Å². The SMILES string of the molecule is CCCNC(COC)CS(=O)c1ccc(Br)cc1. The second-order valence-electron chi connectivity index (χ2n) is 4.07. The number of hydrogen-bond donors (Lipinski definition) is 1. The average Bonchev–Trinajstić information content (AvgIpc) is 2.37. The summed E-state index contributed by atoms with van der Waals surface area (Å²) in [4.78, 5) is 0.859. The first kappa shape index (κ1) is 15.8. The fourth-order valence-electron chi connectivity index (χ4n) is 1.58. The Morgan fingerprint density at radius 1 is 1.39 bits per heavy atom. The van der Waals surface area contributed by atoms with Crippen LogP contribution in [0.15, 0.2) is 33.6 Å². The van der Waals surface area contributed by atoms with Gasteiger partial charge in [-0.25, -0.2) is 0 Å². The van der Waals surface area contributed by atoms with Crippen LogP contribution in [0, 0.1) is 0 Å². The highest BCUT2D eigenvalue weighted by Crippen LogP contribution is 2.14. The summed E-state index contributed by atoms with van der Waals surface area (Å²) < 4.78 is 18.4. The topological polar surface area (TPSA) is 38.3 Å². The van der Waals surface area contributed by atoms with E-state index in [9.17, 15) is 4.21 Å². The van der Waals surface area contributed by atoms with Crippen LogP contribution in [0.5, 0.6) is 0 Å². The van der Waals surface area contributed by atoms with Crippen molar-refractivity contribution in [3.63, 3.8) is 0 Å². The van der Waals surface area contributed by atoms with Crippen LogP contribution in [0.1, 0.15) is 13.3 Å². The molecule has 0 saturated carbocycles. The minimum atomic E-state index is -0.990. The van der Waals surface area contributed by atoms with Crippen molar-refractivity contribution in [2.24, 2.45) is 0 Å². The van der Waals surface area contributed by atoms with Gasteiger partial charge in [-0.3, -0.25) is 4.21 Å². The molecule has 0 spiro atoms. The van der Waals surface area contributed by atoms with Crippen molar-refractivity contribution in [2.45, 2.75) is 24.3 Å². The largest absolute Gasteiger partial charge is 0.383 e. The molecule has 0 heterocycles.